The van der Waals surface area contributed by atoms with E-state index in [0.717, 1.165) is 22.8 Å². The molecule has 0 saturated carbocycles. The van der Waals surface area contributed by atoms with Crippen molar-refractivity contribution in [1.29, 1.82) is 0 Å². The van der Waals surface area contributed by atoms with E-state index in [4.69, 9.17) is 11.6 Å². The molecule has 0 aliphatic carbocycles. The monoisotopic (exact) mass is 373 g/mol. The molecule has 1 aliphatic heterocycles. The molecule has 0 radical (unpaired) electrons. The summed E-state index contributed by atoms with van der Waals surface area (Å²) < 4.78 is 0. The first kappa shape index (κ1) is 18.9. The van der Waals surface area contributed by atoms with Gasteiger partial charge >= 0.3 is 0 Å². The SMILES string of the molecule is C[C@@H]([NH2+]CC(=O)Nc1ccc(C[NH+]2CCCC2)cc1)c1ccc(Cl)cc1. The van der Waals surface area contributed by atoms with Crippen LogP contribution in [-0.4, -0.2) is 25.5 Å². The third-order valence-electron chi connectivity index (χ3n) is 5.06. The van der Waals surface area contributed by atoms with Crippen LogP contribution in [0.1, 0.15) is 36.9 Å². The quantitative estimate of drug-likeness (QED) is 0.680. The van der Waals surface area contributed by atoms with Gasteiger partial charge in [0.25, 0.3) is 5.91 Å². The number of benzene rings is 2. The van der Waals surface area contributed by atoms with Crippen LogP contribution < -0.4 is 15.5 Å². The summed E-state index contributed by atoms with van der Waals surface area (Å²) in [6.45, 7) is 6.12. The lowest BCUT2D eigenvalue weighted by molar-refractivity contribution is -0.901. The Bertz CT molecular complexity index is 709. The zero-order valence-electron chi connectivity index (χ0n) is 15.3. The fourth-order valence-corrected chi connectivity index (χ4v) is 3.57. The van der Waals surface area contributed by atoms with E-state index in [-0.39, 0.29) is 11.9 Å². The number of nitrogens with two attached hydrogens (primary N) is 1. The molecule has 1 amide bonds. The van der Waals surface area contributed by atoms with Crippen LogP contribution in [0.3, 0.4) is 0 Å². The minimum atomic E-state index is 0.0173. The zero-order chi connectivity index (χ0) is 18.4. The largest absolute Gasteiger partial charge is 0.333 e. The maximum absolute atomic E-state index is 12.2. The second-order valence-electron chi connectivity index (χ2n) is 7.16. The molecule has 4 nitrogen and oxygen atoms in total. The first-order valence-corrected chi connectivity index (χ1v) is 9.79. The number of hydrogen-bond acceptors (Lipinski definition) is 1. The second-order valence-corrected chi connectivity index (χ2v) is 7.60. The lowest BCUT2D eigenvalue weighted by atomic mass is 10.1. The molecular weight excluding hydrogens is 346 g/mol. The number of rotatable bonds is 7. The van der Waals surface area contributed by atoms with Crippen molar-refractivity contribution in [3.8, 4) is 0 Å². The van der Waals surface area contributed by atoms with Crippen molar-refractivity contribution < 1.29 is 15.0 Å². The highest BCUT2D eigenvalue weighted by atomic mass is 35.5. The minimum absolute atomic E-state index is 0.0173. The maximum Gasteiger partial charge on any atom is 0.279 e. The highest BCUT2D eigenvalue weighted by Gasteiger charge is 2.15. The molecule has 1 heterocycles. The normalized spacial score (nSPS) is 15.8. The maximum atomic E-state index is 12.2. The van der Waals surface area contributed by atoms with E-state index in [9.17, 15) is 4.79 Å². The Morgan fingerprint density at radius 1 is 1.12 bits per heavy atom. The van der Waals surface area contributed by atoms with Gasteiger partial charge in [-0.25, -0.2) is 0 Å². The Morgan fingerprint density at radius 2 is 1.77 bits per heavy atom. The molecule has 1 saturated heterocycles. The minimum Gasteiger partial charge on any atom is -0.333 e. The van der Waals surface area contributed by atoms with Gasteiger partial charge in [0, 0.05) is 34.7 Å². The molecular formula is C21H28ClN3O+2. The van der Waals surface area contributed by atoms with Gasteiger partial charge in [-0.3, -0.25) is 4.79 Å². The fraction of sp³-hybridized carbons (Fsp3) is 0.381. The van der Waals surface area contributed by atoms with Gasteiger partial charge in [-0.1, -0.05) is 35.9 Å². The molecule has 0 aromatic heterocycles. The van der Waals surface area contributed by atoms with Gasteiger partial charge in [0.05, 0.1) is 13.1 Å². The predicted molar refractivity (Wildman–Crippen MR) is 105 cm³/mol. The molecule has 2 aromatic rings. The fourth-order valence-electron chi connectivity index (χ4n) is 3.44. The van der Waals surface area contributed by atoms with Crippen LogP contribution in [0.5, 0.6) is 0 Å². The zero-order valence-corrected chi connectivity index (χ0v) is 16.1. The van der Waals surface area contributed by atoms with Crippen LogP contribution in [0, 0.1) is 0 Å². The van der Waals surface area contributed by atoms with Gasteiger partial charge in [0.1, 0.15) is 12.6 Å². The summed E-state index contributed by atoms with van der Waals surface area (Å²) in [6.07, 6.45) is 2.68. The van der Waals surface area contributed by atoms with Gasteiger partial charge in [0.2, 0.25) is 0 Å². The van der Waals surface area contributed by atoms with Gasteiger partial charge in [0.15, 0.2) is 6.54 Å². The Kier molecular flexibility index (Phi) is 6.67. The highest BCUT2D eigenvalue weighted by molar-refractivity contribution is 6.30. The summed E-state index contributed by atoms with van der Waals surface area (Å²) in [7, 11) is 0. The molecule has 0 spiro atoms. The Labute approximate surface area is 160 Å². The van der Waals surface area contributed by atoms with E-state index in [1.165, 1.54) is 31.5 Å². The highest BCUT2D eigenvalue weighted by Crippen LogP contribution is 2.13. The van der Waals surface area contributed by atoms with Gasteiger partial charge in [-0.2, -0.15) is 0 Å². The molecule has 26 heavy (non-hydrogen) atoms. The van der Waals surface area contributed by atoms with Crippen molar-refractivity contribution in [3.63, 3.8) is 0 Å². The number of anilines is 1. The lowest BCUT2D eigenvalue weighted by Gasteiger charge is -2.13. The average molecular weight is 374 g/mol. The standard InChI is InChI=1S/C21H26ClN3O/c1-16(18-6-8-19(22)9-7-18)23-14-21(26)24-20-10-4-17(5-11-20)15-25-12-2-3-13-25/h4-11,16,23H,2-3,12-15H2,1H3,(H,24,26)/p+2/t16-/m1/s1. The van der Waals surface area contributed by atoms with E-state index < -0.39 is 0 Å². The molecule has 5 heteroatoms. The first-order valence-electron chi connectivity index (χ1n) is 9.41. The number of hydrogen-bond donors (Lipinski definition) is 3. The summed E-state index contributed by atoms with van der Waals surface area (Å²) >= 11 is 5.92. The van der Waals surface area contributed by atoms with E-state index in [0.29, 0.717) is 6.54 Å². The topological polar surface area (TPSA) is 50.1 Å². The molecule has 1 atom stereocenters. The number of nitrogens with one attached hydrogen (secondary N) is 2. The third kappa shape index (κ3) is 5.56. The van der Waals surface area contributed by atoms with Crippen molar-refractivity contribution >= 4 is 23.2 Å². The Hall–Kier alpha value is -1.88. The van der Waals surface area contributed by atoms with Gasteiger partial charge < -0.3 is 15.5 Å². The molecule has 3 rings (SSSR count). The molecule has 138 valence electrons. The molecule has 4 N–H and O–H groups in total. The molecule has 0 unspecified atom stereocenters. The van der Waals surface area contributed by atoms with Crippen molar-refractivity contribution in [2.75, 3.05) is 25.0 Å². The van der Waals surface area contributed by atoms with Crippen molar-refractivity contribution in [2.24, 2.45) is 0 Å². The second kappa shape index (κ2) is 9.17. The summed E-state index contributed by atoms with van der Waals surface area (Å²) in [5, 5.41) is 5.74. The van der Waals surface area contributed by atoms with E-state index in [1.807, 2.05) is 41.7 Å². The predicted octanol–water partition coefficient (Wildman–Crippen LogP) is 1.78. The molecule has 1 aliphatic rings. The van der Waals surface area contributed by atoms with Crippen LogP contribution in [0.15, 0.2) is 48.5 Å². The van der Waals surface area contributed by atoms with Crippen molar-refractivity contribution in [2.45, 2.75) is 32.4 Å². The lowest BCUT2D eigenvalue weighted by Crippen LogP contribution is -3.08. The van der Waals surface area contributed by atoms with Crippen molar-refractivity contribution in [1.82, 2.24) is 0 Å². The first-order chi connectivity index (χ1) is 12.6. The summed E-state index contributed by atoms with van der Waals surface area (Å²) in [5.74, 6) is 0.0173. The van der Waals surface area contributed by atoms with Gasteiger partial charge in [-0.05, 0) is 31.2 Å². The van der Waals surface area contributed by atoms with E-state index in [1.54, 1.807) is 4.90 Å². The van der Waals surface area contributed by atoms with Crippen LogP contribution in [0.4, 0.5) is 5.69 Å². The number of halogens is 1. The van der Waals surface area contributed by atoms with Crippen molar-refractivity contribution in [3.05, 3.63) is 64.7 Å². The number of amides is 1. The number of quaternary nitrogens is 2. The molecule has 2 aromatic carbocycles. The van der Waals surface area contributed by atoms with E-state index >= 15 is 0 Å². The Morgan fingerprint density at radius 3 is 2.42 bits per heavy atom. The number of carbonyl (C=O) groups excluding carboxylic acids is 1. The molecule has 1 fully saturated rings. The average Bonchev–Trinajstić information content (AvgIpc) is 3.15. The van der Waals surface area contributed by atoms with E-state index in [2.05, 4.69) is 24.4 Å². The smallest absolute Gasteiger partial charge is 0.279 e. The number of carbonyl (C=O) groups is 1. The van der Waals surface area contributed by atoms with Crippen LogP contribution in [-0.2, 0) is 11.3 Å². The van der Waals surface area contributed by atoms with Crippen LogP contribution in [0.25, 0.3) is 0 Å². The third-order valence-corrected chi connectivity index (χ3v) is 5.31. The van der Waals surface area contributed by atoms with Crippen LogP contribution in [0.2, 0.25) is 5.02 Å². The Balaban J connectivity index is 1.44. The summed E-state index contributed by atoms with van der Waals surface area (Å²) in [5.41, 5.74) is 3.36. The van der Waals surface area contributed by atoms with Gasteiger partial charge in [-0.15, -0.1) is 0 Å². The number of likely N-dealkylation sites (tertiary alicyclic amines) is 1. The van der Waals surface area contributed by atoms with Crippen LogP contribution >= 0.6 is 11.6 Å². The summed E-state index contributed by atoms with van der Waals surface area (Å²) in [6, 6.07) is 16.2. The molecule has 0 bridgehead atoms. The summed E-state index contributed by atoms with van der Waals surface area (Å²) in [4.78, 5) is 13.9.